The van der Waals surface area contributed by atoms with E-state index in [2.05, 4.69) is 26.0 Å². The predicted octanol–water partition coefficient (Wildman–Crippen LogP) is 5.01. The van der Waals surface area contributed by atoms with E-state index in [4.69, 9.17) is 0 Å². The minimum atomic E-state index is -4.84. The van der Waals surface area contributed by atoms with Crippen molar-refractivity contribution in [3.63, 3.8) is 0 Å². The van der Waals surface area contributed by atoms with Crippen LogP contribution in [0.3, 0.4) is 0 Å². The number of rotatable bonds is 4. The number of aryl methyl sites for hydroxylation is 1. The Morgan fingerprint density at radius 2 is 1.63 bits per heavy atom. The maximum absolute atomic E-state index is 14.4. The van der Waals surface area contributed by atoms with Crippen LogP contribution in [0.5, 0.6) is 0 Å². The molecule has 0 aliphatic carbocycles. The van der Waals surface area contributed by atoms with E-state index in [0.29, 0.717) is 5.56 Å². The molecular weight excluding hydrogens is 463 g/mol. The Labute approximate surface area is 180 Å². The van der Waals surface area contributed by atoms with Crippen LogP contribution in [-0.2, 0) is 9.53 Å². The summed E-state index contributed by atoms with van der Waals surface area (Å²) in [4.78, 5) is 25.8. The van der Waals surface area contributed by atoms with Crippen molar-refractivity contribution in [2.75, 3.05) is 7.11 Å². The fraction of sp³-hybridized carbons (Fsp3) is 0.364. The molecule has 160 valence electrons. The molecule has 2 aromatic rings. The molecule has 4 atom stereocenters. The van der Waals surface area contributed by atoms with Crippen LogP contribution < -0.4 is 5.32 Å². The summed E-state index contributed by atoms with van der Waals surface area (Å²) in [5.41, 5.74) is -1.15. The van der Waals surface area contributed by atoms with Crippen molar-refractivity contribution < 1.29 is 27.5 Å². The van der Waals surface area contributed by atoms with E-state index >= 15 is 0 Å². The van der Waals surface area contributed by atoms with Crippen LogP contribution in [0.15, 0.2) is 53.0 Å². The number of benzene rings is 2. The fourth-order valence-electron chi connectivity index (χ4n) is 4.03. The highest BCUT2D eigenvalue weighted by Gasteiger charge is 2.70. The zero-order valence-electron chi connectivity index (χ0n) is 16.6. The summed E-state index contributed by atoms with van der Waals surface area (Å²) in [5, 5.41) is 2.76. The minimum Gasteiger partial charge on any atom is -0.468 e. The number of hydrogen-bond donors (Lipinski definition) is 1. The number of carbonyl (C=O) groups excluding carboxylic acids is 2. The lowest BCUT2D eigenvalue weighted by Crippen LogP contribution is -2.53. The lowest BCUT2D eigenvalue weighted by Gasteiger charge is -2.36. The van der Waals surface area contributed by atoms with Crippen molar-refractivity contribution in [1.82, 2.24) is 5.32 Å². The first-order valence-corrected chi connectivity index (χ1v) is 10.1. The summed E-state index contributed by atoms with van der Waals surface area (Å²) in [5.74, 6) is -3.30. The lowest BCUT2D eigenvalue weighted by atomic mass is 9.68. The van der Waals surface area contributed by atoms with Crippen molar-refractivity contribution in [1.29, 1.82) is 0 Å². The molecule has 0 aromatic heterocycles. The van der Waals surface area contributed by atoms with Gasteiger partial charge in [-0.1, -0.05) is 57.9 Å². The van der Waals surface area contributed by atoms with E-state index in [-0.39, 0.29) is 5.56 Å². The van der Waals surface area contributed by atoms with E-state index in [1.165, 1.54) is 12.1 Å². The maximum atomic E-state index is 14.4. The average molecular weight is 484 g/mol. The fourth-order valence-corrected chi connectivity index (χ4v) is 4.29. The number of hydrogen-bond acceptors (Lipinski definition) is 4. The molecule has 30 heavy (non-hydrogen) atoms. The van der Waals surface area contributed by atoms with Gasteiger partial charge in [-0.15, -0.1) is 0 Å². The van der Waals surface area contributed by atoms with E-state index in [1.807, 2.05) is 6.92 Å². The number of esters is 1. The first kappa shape index (κ1) is 22.5. The van der Waals surface area contributed by atoms with Gasteiger partial charge in [-0.3, -0.25) is 14.9 Å². The van der Waals surface area contributed by atoms with Crippen molar-refractivity contribution in [3.8, 4) is 0 Å². The van der Waals surface area contributed by atoms with Crippen LogP contribution in [0.1, 0.15) is 34.5 Å². The van der Waals surface area contributed by atoms with Crippen LogP contribution in [0.25, 0.3) is 0 Å². The van der Waals surface area contributed by atoms with Crippen molar-refractivity contribution in [2.24, 2.45) is 11.3 Å². The van der Waals surface area contributed by atoms with Gasteiger partial charge in [-0.2, -0.15) is 13.2 Å². The standard InChI is InChI=1S/C22H21BrF3NO3/c1-12-4-6-14(7-5-12)18(28)16-17(13-8-10-15(23)11-9-13)27-19(20(29)30-3)21(16,2)22(24,25)26/h4-11,16-17,19,27H,1-3H3/t16-,17-,19+,21-/m0/s1. The third-order valence-electron chi connectivity index (χ3n) is 5.82. The van der Waals surface area contributed by atoms with Crippen LogP contribution in [0.2, 0.25) is 0 Å². The largest absolute Gasteiger partial charge is 0.468 e. The Morgan fingerprint density at radius 1 is 1.07 bits per heavy atom. The Bertz CT molecular complexity index is 944. The third kappa shape index (κ3) is 3.78. The smallest absolute Gasteiger partial charge is 0.397 e. The van der Waals surface area contributed by atoms with E-state index in [0.717, 1.165) is 24.1 Å². The molecule has 1 aliphatic heterocycles. The number of Topliss-reactive ketones (excluding diaryl/α,β-unsaturated/α-hetero) is 1. The topological polar surface area (TPSA) is 55.4 Å². The second-order valence-corrected chi connectivity index (χ2v) is 8.56. The molecular formula is C22H21BrF3NO3. The number of ketones is 1. The SMILES string of the molecule is COC(=O)[C@H]1N[C@@H](c2ccc(Br)cc2)[C@@H](C(=O)c2ccc(C)cc2)[C@]1(C)C(F)(F)F. The number of nitrogens with one attached hydrogen (secondary N) is 1. The number of ether oxygens (including phenoxy) is 1. The zero-order chi connectivity index (χ0) is 22.3. The molecule has 1 N–H and O–H groups in total. The monoisotopic (exact) mass is 483 g/mol. The summed E-state index contributed by atoms with van der Waals surface area (Å²) in [6.45, 7) is 2.74. The molecule has 1 aliphatic rings. The lowest BCUT2D eigenvalue weighted by molar-refractivity contribution is -0.232. The highest BCUT2D eigenvalue weighted by molar-refractivity contribution is 9.10. The summed E-state index contributed by atoms with van der Waals surface area (Å²) in [6.07, 6.45) is -4.84. The molecule has 2 aromatic carbocycles. The molecule has 0 amide bonds. The molecule has 1 saturated heterocycles. The minimum absolute atomic E-state index is 0.163. The van der Waals surface area contributed by atoms with Crippen LogP contribution in [-0.4, -0.2) is 31.1 Å². The van der Waals surface area contributed by atoms with Gasteiger partial charge in [0.1, 0.15) is 11.5 Å². The quantitative estimate of drug-likeness (QED) is 0.490. The van der Waals surface area contributed by atoms with Crippen LogP contribution >= 0.6 is 15.9 Å². The molecule has 0 bridgehead atoms. The molecule has 1 fully saturated rings. The number of methoxy groups -OCH3 is 1. The van der Waals surface area contributed by atoms with Crippen molar-refractivity contribution >= 4 is 27.7 Å². The van der Waals surface area contributed by atoms with Gasteiger partial charge >= 0.3 is 12.1 Å². The van der Waals surface area contributed by atoms with Gasteiger partial charge in [0, 0.05) is 16.1 Å². The number of halogens is 4. The second kappa shape index (κ2) is 8.15. The molecule has 0 unspecified atom stereocenters. The van der Waals surface area contributed by atoms with Gasteiger partial charge in [0.2, 0.25) is 0 Å². The summed E-state index contributed by atoms with van der Waals surface area (Å²) >= 11 is 3.30. The molecule has 4 nitrogen and oxygen atoms in total. The summed E-state index contributed by atoms with van der Waals surface area (Å²) in [6, 6.07) is 10.2. The Kier molecular flexibility index (Phi) is 6.11. The van der Waals surface area contributed by atoms with Gasteiger partial charge in [0.25, 0.3) is 0 Å². The zero-order valence-corrected chi connectivity index (χ0v) is 18.2. The number of carbonyl (C=O) groups is 2. The van der Waals surface area contributed by atoms with E-state index in [1.54, 1.807) is 36.4 Å². The normalized spacial score (nSPS) is 26.4. The summed E-state index contributed by atoms with van der Waals surface area (Å²) in [7, 11) is 1.03. The molecule has 3 rings (SSSR count). The van der Waals surface area contributed by atoms with E-state index < -0.39 is 41.3 Å². The third-order valence-corrected chi connectivity index (χ3v) is 6.35. The highest BCUT2D eigenvalue weighted by Crippen LogP contribution is 2.56. The first-order chi connectivity index (χ1) is 14.0. The van der Waals surface area contributed by atoms with Crippen molar-refractivity contribution in [3.05, 3.63) is 69.7 Å². The van der Waals surface area contributed by atoms with Crippen LogP contribution in [0, 0.1) is 18.3 Å². The van der Waals surface area contributed by atoms with E-state index in [9.17, 15) is 22.8 Å². The number of alkyl halides is 3. The maximum Gasteiger partial charge on any atom is 0.397 e. The van der Waals surface area contributed by atoms with Gasteiger partial charge in [0.05, 0.1) is 13.0 Å². The highest BCUT2D eigenvalue weighted by atomic mass is 79.9. The van der Waals surface area contributed by atoms with Crippen LogP contribution in [0.4, 0.5) is 13.2 Å². The van der Waals surface area contributed by atoms with Gasteiger partial charge in [-0.25, -0.2) is 0 Å². The van der Waals surface area contributed by atoms with Gasteiger partial charge in [0.15, 0.2) is 5.78 Å². The molecule has 0 radical (unpaired) electrons. The average Bonchev–Trinajstić information content (AvgIpc) is 3.02. The Morgan fingerprint density at radius 3 is 2.13 bits per heavy atom. The predicted molar refractivity (Wildman–Crippen MR) is 109 cm³/mol. The second-order valence-electron chi connectivity index (χ2n) is 7.64. The van der Waals surface area contributed by atoms with Gasteiger partial charge < -0.3 is 4.74 Å². The molecule has 0 saturated carbocycles. The Hall–Kier alpha value is -2.19. The summed E-state index contributed by atoms with van der Waals surface area (Å²) < 4.78 is 48.7. The Balaban J connectivity index is 2.19. The van der Waals surface area contributed by atoms with Crippen molar-refractivity contribution in [2.45, 2.75) is 32.1 Å². The molecule has 8 heteroatoms. The molecule has 0 spiro atoms. The molecule has 1 heterocycles. The van der Waals surface area contributed by atoms with Gasteiger partial charge in [-0.05, 0) is 31.5 Å². The first-order valence-electron chi connectivity index (χ1n) is 9.27.